The number of amides is 3. The van der Waals surface area contributed by atoms with Crippen LogP contribution in [0.1, 0.15) is 21.5 Å². The van der Waals surface area contributed by atoms with Gasteiger partial charge in [0.15, 0.2) is 0 Å². The minimum atomic E-state index is -0.299. The van der Waals surface area contributed by atoms with Gasteiger partial charge in [-0.2, -0.15) is 0 Å². The molecule has 0 spiro atoms. The van der Waals surface area contributed by atoms with E-state index in [1.165, 1.54) is 6.08 Å². The Hall–Kier alpha value is -3.41. The zero-order valence-corrected chi connectivity index (χ0v) is 14.5. The number of benzene rings is 2. The minimum Gasteiger partial charge on any atom is -0.359 e. The van der Waals surface area contributed by atoms with Crippen molar-refractivity contribution >= 4 is 23.4 Å². The molecule has 0 aliphatic heterocycles. The number of hydrogen-bond donors (Lipinski definition) is 3. The van der Waals surface area contributed by atoms with Gasteiger partial charge in [-0.3, -0.25) is 14.4 Å². The highest BCUT2D eigenvalue weighted by molar-refractivity contribution is 6.05. The SMILES string of the molecule is C=CC(=O)NCc1ccccc1C(=O)Nc1ccc(CC(=O)NC)cc1. The Morgan fingerprint density at radius 2 is 1.73 bits per heavy atom. The van der Waals surface area contributed by atoms with Crippen LogP contribution in [0.25, 0.3) is 0 Å². The molecule has 0 aliphatic carbocycles. The standard InChI is InChI=1S/C20H21N3O3/c1-3-18(24)22-13-15-6-4-5-7-17(15)20(26)23-16-10-8-14(9-11-16)12-19(25)21-2/h3-11H,1,12-13H2,2H3,(H,21,25)(H,22,24)(H,23,26). The predicted molar refractivity (Wildman–Crippen MR) is 101 cm³/mol. The highest BCUT2D eigenvalue weighted by Gasteiger charge is 2.12. The number of nitrogens with one attached hydrogen (secondary N) is 3. The molecule has 0 atom stereocenters. The van der Waals surface area contributed by atoms with Crippen molar-refractivity contribution in [2.45, 2.75) is 13.0 Å². The van der Waals surface area contributed by atoms with Crippen molar-refractivity contribution in [1.82, 2.24) is 10.6 Å². The average Bonchev–Trinajstić information content (AvgIpc) is 2.67. The van der Waals surface area contributed by atoms with E-state index in [9.17, 15) is 14.4 Å². The van der Waals surface area contributed by atoms with Crippen molar-refractivity contribution < 1.29 is 14.4 Å². The molecule has 0 saturated carbocycles. The summed E-state index contributed by atoms with van der Waals surface area (Å²) in [6.07, 6.45) is 1.47. The van der Waals surface area contributed by atoms with E-state index in [2.05, 4.69) is 22.5 Å². The van der Waals surface area contributed by atoms with Gasteiger partial charge in [-0.05, 0) is 35.4 Å². The molecule has 0 aromatic heterocycles. The molecule has 0 bridgehead atoms. The quantitative estimate of drug-likeness (QED) is 0.667. The third kappa shape index (κ3) is 5.31. The summed E-state index contributed by atoms with van der Waals surface area (Å²) < 4.78 is 0. The third-order valence-electron chi connectivity index (χ3n) is 3.76. The van der Waals surface area contributed by atoms with Crippen molar-refractivity contribution in [2.75, 3.05) is 12.4 Å². The lowest BCUT2D eigenvalue weighted by Gasteiger charge is -2.11. The largest absolute Gasteiger partial charge is 0.359 e. The van der Waals surface area contributed by atoms with Gasteiger partial charge < -0.3 is 16.0 Å². The molecular weight excluding hydrogens is 330 g/mol. The number of hydrogen-bond acceptors (Lipinski definition) is 3. The second-order valence-corrected chi connectivity index (χ2v) is 5.58. The summed E-state index contributed by atoms with van der Waals surface area (Å²) in [7, 11) is 1.59. The van der Waals surface area contributed by atoms with Crippen LogP contribution in [0.5, 0.6) is 0 Å². The smallest absolute Gasteiger partial charge is 0.256 e. The van der Waals surface area contributed by atoms with Crippen LogP contribution in [0.4, 0.5) is 5.69 Å². The molecule has 0 aliphatic rings. The van der Waals surface area contributed by atoms with Crippen LogP contribution in [0.3, 0.4) is 0 Å². The molecule has 2 aromatic rings. The summed E-state index contributed by atoms with van der Waals surface area (Å²) in [5.74, 6) is -0.642. The van der Waals surface area contributed by atoms with E-state index in [0.717, 1.165) is 5.56 Å². The van der Waals surface area contributed by atoms with Gasteiger partial charge in [-0.15, -0.1) is 0 Å². The van der Waals surface area contributed by atoms with E-state index < -0.39 is 0 Å². The Morgan fingerprint density at radius 1 is 1.04 bits per heavy atom. The monoisotopic (exact) mass is 351 g/mol. The van der Waals surface area contributed by atoms with Gasteiger partial charge in [-0.1, -0.05) is 36.9 Å². The molecule has 0 saturated heterocycles. The number of carbonyl (C=O) groups is 3. The molecule has 134 valence electrons. The van der Waals surface area contributed by atoms with Crippen LogP contribution in [0.15, 0.2) is 61.2 Å². The van der Waals surface area contributed by atoms with Gasteiger partial charge in [0.2, 0.25) is 11.8 Å². The molecule has 3 N–H and O–H groups in total. The second kappa shape index (κ2) is 9.17. The van der Waals surface area contributed by atoms with Gasteiger partial charge in [0.05, 0.1) is 6.42 Å². The van der Waals surface area contributed by atoms with E-state index in [-0.39, 0.29) is 30.7 Å². The molecule has 0 unspecified atom stereocenters. The molecule has 6 heteroatoms. The third-order valence-corrected chi connectivity index (χ3v) is 3.76. The van der Waals surface area contributed by atoms with Gasteiger partial charge in [0, 0.05) is 24.8 Å². The summed E-state index contributed by atoms with van der Waals surface area (Å²) in [5.41, 5.74) is 2.67. The molecule has 2 rings (SSSR count). The lowest BCUT2D eigenvalue weighted by molar-refractivity contribution is -0.120. The molecule has 26 heavy (non-hydrogen) atoms. The molecule has 2 aromatic carbocycles. The first-order chi connectivity index (χ1) is 12.5. The Balaban J connectivity index is 2.06. The Morgan fingerprint density at radius 3 is 2.38 bits per heavy atom. The lowest BCUT2D eigenvalue weighted by Crippen LogP contribution is -2.23. The van der Waals surface area contributed by atoms with Gasteiger partial charge >= 0.3 is 0 Å². The van der Waals surface area contributed by atoms with E-state index in [4.69, 9.17) is 0 Å². The van der Waals surface area contributed by atoms with Crippen molar-refractivity contribution in [3.05, 3.63) is 77.9 Å². The van der Waals surface area contributed by atoms with Crippen LogP contribution in [-0.4, -0.2) is 24.8 Å². The maximum Gasteiger partial charge on any atom is 0.256 e. The first-order valence-electron chi connectivity index (χ1n) is 8.12. The first kappa shape index (κ1) is 18.9. The summed E-state index contributed by atoms with van der Waals surface area (Å²) in [5, 5.41) is 8.05. The highest BCUT2D eigenvalue weighted by Crippen LogP contribution is 2.14. The fraction of sp³-hybridized carbons (Fsp3) is 0.150. The summed E-state index contributed by atoms with van der Waals surface area (Å²) >= 11 is 0. The summed E-state index contributed by atoms with van der Waals surface area (Å²) in [4.78, 5) is 35.3. The number of rotatable bonds is 7. The van der Waals surface area contributed by atoms with Crippen LogP contribution >= 0.6 is 0 Å². The van der Waals surface area contributed by atoms with Crippen molar-refractivity contribution in [3.63, 3.8) is 0 Å². The summed E-state index contributed by atoms with van der Waals surface area (Å²) in [6.45, 7) is 3.64. The van der Waals surface area contributed by atoms with Crippen LogP contribution in [0, 0.1) is 0 Å². The van der Waals surface area contributed by atoms with E-state index in [1.54, 1.807) is 55.6 Å². The number of anilines is 1. The normalized spacial score (nSPS) is 9.88. The van der Waals surface area contributed by atoms with Crippen molar-refractivity contribution in [3.8, 4) is 0 Å². The maximum absolute atomic E-state index is 12.6. The molecular formula is C20H21N3O3. The van der Waals surface area contributed by atoms with Crippen LogP contribution < -0.4 is 16.0 Å². The van der Waals surface area contributed by atoms with Crippen LogP contribution in [-0.2, 0) is 22.6 Å². The zero-order chi connectivity index (χ0) is 18.9. The Kier molecular flexibility index (Phi) is 6.68. The van der Waals surface area contributed by atoms with Gasteiger partial charge in [-0.25, -0.2) is 0 Å². The van der Waals surface area contributed by atoms with Gasteiger partial charge in [0.25, 0.3) is 5.91 Å². The first-order valence-corrected chi connectivity index (χ1v) is 8.12. The molecule has 0 heterocycles. The lowest BCUT2D eigenvalue weighted by atomic mass is 10.1. The average molecular weight is 351 g/mol. The highest BCUT2D eigenvalue weighted by atomic mass is 16.2. The fourth-order valence-electron chi connectivity index (χ4n) is 2.33. The number of likely N-dealkylation sites (N-methyl/N-ethyl adjacent to an activating group) is 1. The van der Waals surface area contributed by atoms with Gasteiger partial charge in [0.1, 0.15) is 0 Å². The van der Waals surface area contributed by atoms with Crippen molar-refractivity contribution in [1.29, 1.82) is 0 Å². The Labute approximate surface area is 152 Å². The molecule has 3 amide bonds. The second-order valence-electron chi connectivity index (χ2n) is 5.58. The predicted octanol–water partition coefficient (Wildman–Crippen LogP) is 2.03. The minimum absolute atomic E-state index is 0.0720. The fourth-order valence-corrected chi connectivity index (χ4v) is 2.33. The van der Waals surface area contributed by atoms with E-state index >= 15 is 0 Å². The summed E-state index contributed by atoms with van der Waals surface area (Å²) in [6, 6.07) is 14.1. The van der Waals surface area contributed by atoms with E-state index in [0.29, 0.717) is 16.8 Å². The van der Waals surface area contributed by atoms with E-state index in [1.807, 2.05) is 0 Å². The van der Waals surface area contributed by atoms with Crippen molar-refractivity contribution in [2.24, 2.45) is 0 Å². The molecule has 6 nitrogen and oxygen atoms in total. The maximum atomic E-state index is 12.6. The number of carbonyl (C=O) groups excluding carboxylic acids is 3. The van der Waals surface area contributed by atoms with Crippen LogP contribution in [0.2, 0.25) is 0 Å². The molecule has 0 radical (unpaired) electrons. The molecule has 0 fully saturated rings. The zero-order valence-electron chi connectivity index (χ0n) is 14.5. The topological polar surface area (TPSA) is 87.3 Å². The Bertz CT molecular complexity index is 813.